The first-order valence-corrected chi connectivity index (χ1v) is 6.48. The Morgan fingerprint density at radius 1 is 1.42 bits per heavy atom. The molecule has 8 heteroatoms. The molecule has 7 nitrogen and oxygen atoms in total. The van der Waals surface area contributed by atoms with E-state index in [0.717, 1.165) is 0 Å². The number of carbonyl (C=O) groups is 2. The maximum Gasteiger partial charge on any atom is 0.265 e. The number of nitrogens with one attached hydrogen (secondary N) is 1. The van der Waals surface area contributed by atoms with E-state index in [4.69, 9.17) is 11.5 Å². The second kappa shape index (κ2) is 5.43. The molecular weight excluding hydrogens is 266 g/mol. The average Bonchev–Trinajstić information content (AvgIpc) is 2.68. The summed E-state index contributed by atoms with van der Waals surface area (Å²) in [5.74, 6) is -0.639. The Morgan fingerprint density at radius 2 is 2.00 bits per heavy atom. The van der Waals surface area contributed by atoms with Crippen LogP contribution in [0.2, 0.25) is 0 Å². The first-order chi connectivity index (χ1) is 8.65. The van der Waals surface area contributed by atoms with E-state index in [0.29, 0.717) is 10.0 Å². The number of hydrogen-bond donors (Lipinski definition) is 3. The maximum absolute atomic E-state index is 12.0. The third-order valence-electron chi connectivity index (χ3n) is 2.59. The lowest BCUT2D eigenvalue weighted by atomic mass is 9.93. The van der Waals surface area contributed by atoms with E-state index in [1.807, 2.05) is 14.1 Å². The molecule has 0 aliphatic rings. The van der Waals surface area contributed by atoms with Gasteiger partial charge in [-0.1, -0.05) is 11.3 Å². The number of anilines is 2. The van der Waals surface area contributed by atoms with E-state index in [1.54, 1.807) is 18.7 Å². The van der Waals surface area contributed by atoms with Gasteiger partial charge in [-0.3, -0.25) is 9.59 Å². The number of amides is 2. The summed E-state index contributed by atoms with van der Waals surface area (Å²) in [5, 5.41) is 3.30. The number of primary amides is 1. The Morgan fingerprint density at radius 3 is 2.42 bits per heavy atom. The second-order valence-corrected chi connectivity index (χ2v) is 6.01. The summed E-state index contributed by atoms with van der Waals surface area (Å²) in [6.45, 7) is 3.48. The minimum atomic E-state index is -0.806. The van der Waals surface area contributed by atoms with Crippen LogP contribution in [-0.4, -0.2) is 37.4 Å². The number of nitrogen functional groups attached to an aromatic ring is 1. The van der Waals surface area contributed by atoms with Crippen LogP contribution >= 0.6 is 11.3 Å². The lowest BCUT2D eigenvalue weighted by Gasteiger charge is -2.20. The smallest absolute Gasteiger partial charge is 0.265 e. The van der Waals surface area contributed by atoms with Crippen LogP contribution in [-0.2, 0) is 4.79 Å². The van der Waals surface area contributed by atoms with Crippen LogP contribution in [0.25, 0.3) is 0 Å². The standard InChI is InChI=1S/C11H19N5O2S/c1-11(2,9(13)18)5-14-8(17)6-7(12)15-10(19-6)16(3)4/h5,12H2,1-4H3,(H2,13,18)(H,14,17). The quantitative estimate of drug-likeness (QED) is 0.706. The fourth-order valence-electron chi connectivity index (χ4n) is 1.14. The van der Waals surface area contributed by atoms with E-state index in [-0.39, 0.29) is 18.3 Å². The summed E-state index contributed by atoms with van der Waals surface area (Å²) in [7, 11) is 3.63. The minimum absolute atomic E-state index is 0.149. The molecule has 0 atom stereocenters. The monoisotopic (exact) mass is 285 g/mol. The van der Waals surface area contributed by atoms with Gasteiger partial charge >= 0.3 is 0 Å². The number of carbonyl (C=O) groups excluding carboxylic acids is 2. The van der Waals surface area contributed by atoms with Gasteiger partial charge in [0.25, 0.3) is 5.91 Å². The Hall–Kier alpha value is -1.83. The van der Waals surface area contributed by atoms with Crippen molar-refractivity contribution in [3.05, 3.63) is 4.88 Å². The van der Waals surface area contributed by atoms with Gasteiger partial charge in [0.1, 0.15) is 10.7 Å². The van der Waals surface area contributed by atoms with Crippen molar-refractivity contribution in [3.8, 4) is 0 Å². The predicted molar refractivity (Wildman–Crippen MR) is 76.2 cm³/mol. The minimum Gasteiger partial charge on any atom is -0.382 e. The van der Waals surface area contributed by atoms with Gasteiger partial charge in [0, 0.05) is 20.6 Å². The van der Waals surface area contributed by atoms with Crippen LogP contribution in [0, 0.1) is 5.41 Å². The lowest BCUT2D eigenvalue weighted by Crippen LogP contribution is -2.42. The topological polar surface area (TPSA) is 114 Å². The average molecular weight is 285 g/mol. The summed E-state index contributed by atoms with van der Waals surface area (Å²) in [4.78, 5) is 29.3. The molecule has 0 radical (unpaired) electrons. The van der Waals surface area contributed by atoms with E-state index in [9.17, 15) is 9.59 Å². The number of nitrogens with zero attached hydrogens (tertiary/aromatic N) is 2. The molecule has 106 valence electrons. The fraction of sp³-hybridized carbons (Fsp3) is 0.545. The first-order valence-electron chi connectivity index (χ1n) is 5.67. The van der Waals surface area contributed by atoms with Crippen molar-refractivity contribution in [3.63, 3.8) is 0 Å². The van der Waals surface area contributed by atoms with Gasteiger partial charge in [-0.25, -0.2) is 4.98 Å². The number of aromatic nitrogens is 1. The van der Waals surface area contributed by atoms with Crippen LogP contribution in [0.1, 0.15) is 23.5 Å². The third-order valence-corrected chi connectivity index (χ3v) is 3.83. The van der Waals surface area contributed by atoms with Gasteiger partial charge in [0.2, 0.25) is 5.91 Å². The summed E-state index contributed by atoms with van der Waals surface area (Å²) < 4.78 is 0. The highest BCUT2D eigenvalue weighted by Crippen LogP contribution is 2.26. The highest BCUT2D eigenvalue weighted by atomic mass is 32.1. The molecule has 0 saturated carbocycles. The number of thiazole rings is 1. The Bertz CT molecular complexity index is 495. The molecule has 2 amide bonds. The van der Waals surface area contributed by atoms with E-state index in [1.165, 1.54) is 11.3 Å². The Balaban J connectivity index is 2.77. The Labute approximate surface area is 116 Å². The van der Waals surface area contributed by atoms with Crippen molar-refractivity contribution in [2.75, 3.05) is 31.3 Å². The van der Waals surface area contributed by atoms with Crippen LogP contribution < -0.4 is 21.7 Å². The molecule has 0 aromatic carbocycles. The molecule has 19 heavy (non-hydrogen) atoms. The van der Waals surface area contributed by atoms with Gasteiger partial charge in [-0.2, -0.15) is 0 Å². The zero-order chi connectivity index (χ0) is 14.8. The fourth-order valence-corrected chi connectivity index (χ4v) is 1.97. The van der Waals surface area contributed by atoms with Crippen LogP contribution in [0.3, 0.4) is 0 Å². The van der Waals surface area contributed by atoms with Crippen LogP contribution in [0.15, 0.2) is 0 Å². The normalized spacial score (nSPS) is 11.2. The SMILES string of the molecule is CN(C)c1nc(N)c(C(=O)NCC(C)(C)C(N)=O)s1. The van der Waals surface area contributed by atoms with Crippen molar-refractivity contribution in [2.24, 2.45) is 11.1 Å². The largest absolute Gasteiger partial charge is 0.382 e. The summed E-state index contributed by atoms with van der Waals surface area (Å²) in [6.07, 6.45) is 0. The van der Waals surface area contributed by atoms with E-state index >= 15 is 0 Å². The zero-order valence-electron chi connectivity index (χ0n) is 11.5. The highest BCUT2D eigenvalue weighted by Gasteiger charge is 2.26. The molecular formula is C11H19N5O2S. The van der Waals surface area contributed by atoms with Gasteiger partial charge in [-0.15, -0.1) is 0 Å². The van der Waals surface area contributed by atoms with Crippen molar-refractivity contribution < 1.29 is 9.59 Å². The predicted octanol–water partition coefficient (Wildman–Crippen LogP) is 0.0326. The number of hydrogen-bond acceptors (Lipinski definition) is 6. The molecule has 5 N–H and O–H groups in total. The van der Waals surface area contributed by atoms with E-state index < -0.39 is 11.3 Å². The molecule has 0 fully saturated rings. The van der Waals surface area contributed by atoms with Crippen molar-refractivity contribution in [2.45, 2.75) is 13.8 Å². The second-order valence-electron chi connectivity index (χ2n) is 5.04. The molecule has 1 rings (SSSR count). The molecule has 1 aromatic rings. The first kappa shape index (κ1) is 15.2. The van der Waals surface area contributed by atoms with Crippen LogP contribution in [0.4, 0.5) is 10.9 Å². The zero-order valence-corrected chi connectivity index (χ0v) is 12.3. The molecule has 0 aliphatic carbocycles. The van der Waals surface area contributed by atoms with Crippen molar-refractivity contribution in [1.29, 1.82) is 0 Å². The third kappa shape index (κ3) is 3.57. The summed E-state index contributed by atoms with van der Waals surface area (Å²) >= 11 is 1.20. The molecule has 0 aliphatic heterocycles. The summed E-state index contributed by atoms with van der Waals surface area (Å²) in [6, 6.07) is 0. The van der Waals surface area contributed by atoms with Crippen LogP contribution in [0.5, 0.6) is 0 Å². The van der Waals surface area contributed by atoms with Crippen molar-refractivity contribution in [1.82, 2.24) is 10.3 Å². The molecule has 0 saturated heterocycles. The van der Waals surface area contributed by atoms with Gasteiger partial charge < -0.3 is 21.7 Å². The molecule has 0 bridgehead atoms. The van der Waals surface area contributed by atoms with E-state index in [2.05, 4.69) is 10.3 Å². The molecule has 1 heterocycles. The highest BCUT2D eigenvalue weighted by molar-refractivity contribution is 7.18. The maximum atomic E-state index is 12.0. The molecule has 1 aromatic heterocycles. The Kier molecular flexibility index (Phi) is 4.35. The lowest BCUT2D eigenvalue weighted by molar-refractivity contribution is -0.125. The van der Waals surface area contributed by atoms with Gasteiger partial charge in [-0.05, 0) is 13.8 Å². The number of nitrogens with two attached hydrogens (primary N) is 2. The summed E-state index contributed by atoms with van der Waals surface area (Å²) in [5.41, 5.74) is 10.1. The number of rotatable bonds is 5. The molecule has 0 unspecified atom stereocenters. The van der Waals surface area contributed by atoms with Gasteiger partial charge in [0.15, 0.2) is 5.13 Å². The van der Waals surface area contributed by atoms with Gasteiger partial charge in [0.05, 0.1) is 5.41 Å². The molecule has 0 spiro atoms. The van der Waals surface area contributed by atoms with Crippen molar-refractivity contribution >= 4 is 34.1 Å².